The van der Waals surface area contributed by atoms with Gasteiger partial charge in [0.25, 0.3) is 0 Å². The predicted molar refractivity (Wildman–Crippen MR) is 92.6 cm³/mol. The number of hydrogen-bond acceptors (Lipinski definition) is 6. The molecule has 3 aromatic rings. The molecule has 0 fully saturated rings. The number of para-hydroxylation sites is 2. The van der Waals surface area contributed by atoms with Crippen LogP contribution in [0.25, 0.3) is 0 Å². The zero-order valence-corrected chi connectivity index (χ0v) is 13.5. The number of phenolic OH excluding ortho intramolecular Hbond substituents is 2. The van der Waals surface area contributed by atoms with Crippen LogP contribution in [0.1, 0.15) is 20.7 Å². The molecule has 0 radical (unpaired) electrons. The van der Waals surface area contributed by atoms with E-state index in [1.54, 1.807) is 60.7 Å². The number of carbonyl (C=O) groups excluding carboxylic acids is 2. The number of carbonyl (C=O) groups is 2. The molecular formula is C20H14O6. The van der Waals surface area contributed by atoms with Gasteiger partial charge in [-0.15, -0.1) is 0 Å². The smallest absolute Gasteiger partial charge is 0.347 e. The first-order chi connectivity index (χ1) is 12.5. The van der Waals surface area contributed by atoms with Gasteiger partial charge < -0.3 is 19.7 Å². The third-order valence-corrected chi connectivity index (χ3v) is 3.44. The van der Waals surface area contributed by atoms with Crippen LogP contribution < -0.4 is 9.47 Å². The summed E-state index contributed by atoms with van der Waals surface area (Å²) in [6.45, 7) is 0. The van der Waals surface area contributed by atoms with Gasteiger partial charge in [0.15, 0.2) is 0 Å². The van der Waals surface area contributed by atoms with Gasteiger partial charge in [-0.05, 0) is 36.4 Å². The molecule has 0 atom stereocenters. The van der Waals surface area contributed by atoms with Gasteiger partial charge in [-0.25, -0.2) is 9.59 Å². The first-order valence-corrected chi connectivity index (χ1v) is 7.65. The van der Waals surface area contributed by atoms with Gasteiger partial charge in [0.05, 0.1) is 0 Å². The van der Waals surface area contributed by atoms with Crippen LogP contribution in [0.2, 0.25) is 0 Å². The van der Waals surface area contributed by atoms with E-state index in [1.807, 2.05) is 0 Å². The van der Waals surface area contributed by atoms with Crippen LogP contribution in [0.4, 0.5) is 0 Å². The van der Waals surface area contributed by atoms with Crippen molar-refractivity contribution < 1.29 is 29.3 Å². The van der Waals surface area contributed by atoms with E-state index in [0.717, 1.165) is 12.1 Å². The molecule has 0 saturated heterocycles. The van der Waals surface area contributed by atoms with E-state index < -0.39 is 17.7 Å². The Hall–Kier alpha value is -3.80. The van der Waals surface area contributed by atoms with Crippen LogP contribution in [0.5, 0.6) is 23.0 Å². The molecule has 6 heteroatoms. The Balaban J connectivity index is 1.88. The van der Waals surface area contributed by atoms with E-state index in [-0.39, 0.29) is 28.4 Å². The van der Waals surface area contributed by atoms with E-state index in [2.05, 4.69) is 0 Å². The van der Waals surface area contributed by atoms with Gasteiger partial charge in [0.1, 0.15) is 34.1 Å². The molecule has 0 bridgehead atoms. The van der Waals surface area contributed by atoms with Crippen molar-refractivity contribution in [2.75, 3.05) is 0 Å². The monoisotopic (exact) mass is 350 g/mol. The normalized spacial score (nSPS) is 10.2. The zero-order valence-electron chi connectivity index (χ0n) is 13.5. The molecule has 0 unspecified atom stereocenters. The van der Waals surface area contributed by atoms with E-state index in [1.165, 1.54) is 0 Å². The van der Waals surface area contributed by atoms with Crippen LogP contribution in [0.3, 0.4) is 0 Å². The Morgan fingerprint density at radius 1 is 0.654 bits per heavy atom. The molecule has 0 aliphatic carbocycles. The fraction of sp³-hybridized carbons (Fsp3) is 0. The predicted octanol–water partition coefficient (Wildman–Crippen LogP) is 3.54. The standard InChI is InChI=1S/C20H14O6/c21-13-11-16(19(23)25-14-7-3-1-4-8-14)18(22)17(12-13)20(24)26-15-9-5-2-6-10-15/h1-12,21-22H. The number of hydrogen-bond donors (Lipinski definition) is 2. The summed E-state index contributed by atoms with van der Waals surface area (Å²) in [4.78, 5) is 24.5. The Morgan fingerprint density at radius 3 is 1.42 bits per heavy atom. The van der Waals surface area contributed by atoms with Crippen molar-refractivity contribution in [3.63, 3.8) is 0 Å². The third kappa shape index (κ3) is 3.81. The van der Waals surface area contributed by atoms with Gasteiger partial charge >= 0.3 is 11.9 Å². The SMILES string of the molecule is O=C(Oc1ccccc1)c1cc(O)cc(C(=O)Oc2ccccc2)c1O. The summed E-state index contributed by atoms with van der Waals surface area (Å²) in [5.41, 5.74) is -0.706. The highest BCUT2D eigenvalue weighted by Crippen LogP contribution is 2.30. The van der Waals surface area contributed by atoms with E-state index in [9.17, 15) is 19.8 Å². The number of esters is 2. The second-order valence-electron chi connectivity index (χ2n) is 5.29. The molecule has 3 rings (SSSR count). The number of benzene rings is 3. The summed E-state index contributed by atoms with van der Waals surface area (Å²) in [6.07, 6.45) is 0. The lowest BCUT2D eigenvalue weighted by atomic mass is 10.1. The molecular weight excluding hydrogens is 336 g/mol. The molecule has 0 amide bonds. The Labute approximate surface area is 148 Å². The molecule has 2 N–H and O–H groups in total. The van der Waals surface area contributed by atoms with Crippen LogP contribution in [-0.4, -0.2) is 22.2 Å². The minimum absolute atomic E-state index is 0.258. The average Bonchev–Trinajstić information content (AvgIpc) is 2.65. The maximum Gasteiger partial charge on any atom is 0.347 e. The van der Waals surface area contributed by atoms with Gasteiger partial charge in [-0.3, -0.25) is 0 Å². The maximum absolute atomic E-state index is 12.3. The van der Waals surface area contributed by atoms with E-state index >= 15 is 0 Å². The van der Waals surface area contributed by atoms with E-state index in [4.69, 9.17) is 9.47 Å². The number of rotatable bonds is 4. The van der Waals surface area contributed by atoms with Crippen LogP contribution in [0.15, 0.2) is 72.8 Å². The molecule has 0 spiro atoms. The minimum Gasteiger partial charge on any atom is -0.508 e. The van der Waals surface area contributed by atoms with Crippen molar-refractivity contribution >= 4 is 11.9 Å². The topological polar surface area (TPSA) is 93.1 Å². The van der Waals surface area contributed by atoms with Crippen LogP contribution in [-0.2, 0) is 0 Å². The highest BCUT2D eigenvalue weighted by atomic mass is 16.5. The van der Waals surface area contributed by atoms with Crippen molar-refractivity contribution in [1.82, 2.24) is 0 Å². The molecule has 0 aliphatic rings. The molecule has 3 aromatic carbocycles. The van der Waals surface area contributed by atoms with Crippen molar-refractivity contribution in [3.8, 4) is 23.0 Å². The van der Waals surface area contributed by atoms with Crippen molar-refractivity contribution in [3.05, 3.63) is 83.9 Å². The second kappa shape index (κ2) is 7.40. The number of ether oxygens (including phenoxy) is 2. The lowest BCUT2D eigenvalue weighted by Crippen LogP contribution is -2.13. The average molecular weight is 350 g/mol. The molecule has 0 aromatic heterocycles. The summed E-state index contributed by atoms with van der Waals surface area (Å²) in [6, 6.07) is 18.5. The van der Waals surface area contributed by atoms with E-state index in [0.29, 0.717) is 0 Å². The second-order valence-corrected chi connectivity index (χ2v) is 5.29. The first-order valence-electron chi connectivity index (χ1n) is 7.65. The summed E-state index contributed by atoms with van der Waals surface area (Å²) in [7, 11) is 0. The summed E-state index contributed by atoms with van der Waals surface area (Å²) < 4.78 is 10.3. The van der Waals surface area contributed by atoms with Crippen LogP contribution in [0, 0.1) is 0 Å². The van der Waals surface area contributed by atoms with Crippen molar-refractivity contribution in [1.29, 1.82) is 0 Å². The third-order valence-electron chi connectivity index (χ3n) is 3.44. The zero-order chi connectivity index (χ0) is 18.5. The van der Waals surface area contributed by atoms with Crippen molar-refractivity contribution in [2.24, 2.45) is 0 Å². The molecule has 130 valence electrons. The quantitative estimate of drug-likeness (QED) is 0.425. The fourth-order valence-corrected chi connectivity index (χ4v) is 2.23. The Morgan fingerprint density at radius 2 is 1.04 bits per heavy atom. The summed E-state index contributed by atoms with van der Waals surface area (Å²) in [5, 5.41) is 20.1. The van der Waals surface area contributed by atoms with Gasteiger partial charge in [0.2, 0.25) is 0 Å². The molecule has 0 saturated carbocycles. The summed E-state index contributed by atoms with van der Waals surface area (Å²) >= 11 is 0. The van der Waals surface area contributed by atoms with Gasteiger partial charge in [-0.1, -0.05) is 36.4 Å². The Bertz CT molecular complexity index is 861. The molecule has 26 heavy (non-hydrogen) atoms. The fourth-order valence-electron chi connectivity index (χ4n) is 2.23. The first kappa shape index (κ1) is 17.0. The van der Waals surface area contributed by atoms with Gasteiger partial charge in [0, 0.05) is 0 Å². The van der Waals surface area contributed by atoms with Gasteiger partial charge in [-0.2, -0.15) is 0 Å². The number of aromatic hydroxyl groups is 2. The molecule has 6 nitrogen and oxygen atoms in total. The number of phenols is 2. The highest BCUT2D eigenvalue weighted by molar-refractivity contribution is 6.01. The Kier molecular flexibility index (Phi) is 4.85. The largest absolute Gasteiger partial charge is 0.508 e. The molecule has 0 aliphatic heterocycles. The lowest BCUT2D eigenvalue weighted by molar-refractivity contribution is 0.0728. The minimum atomic E-state index is -0.918. The lowest BCUT2D eigenvalue weighted by Gasteiger charge is -2.10. The van der Waals surface area contributed by atoms with Crippen LogP contribution >= 0.6 is 0 Å². The highest BCUT2D eigenvalue weighted by Gasteiger charge is 2.23. The molecule has 0 heterocycles. The summed E-state index contributed by atoms with van der Waals surface area (Å²) in [5.74, 6) is -2.34. The maximum atomic E-state index is 12.3. The van der Waals surface area contributed by atoms with Crippen molar-refractivity contribution in [2.45, 2.75) is 0 Å².